The maximum absolute atomic E-state index is 6.32. The molecule has 2 heteroatoms. The Morgan fingerprint density at radius 2 is 1.62 bits per heavy atom. The lowest BCUT2D eigenvalue weighted by molar-refractivity contribution is -0.0354. The molecule has 2 unspecified atom stereocenters. The summed E-state index contributed by atoms with van der Waals surface area (Å²) in [5, 5.41) is 0.0927. The standard InChI is InChI=1S/C19H24OSi/c21-19(13-7-8-14-20-19)18(17-11-5-2-6-12-17)15-16-9-3-1-4-10-16/h1-6,9-12,18H,7-8,13-15H2,21H3. The Bertz CT molecular complexity index is 546. The van der Waals surface area contributed by atoms with Crippen LogP contribution in [0.3, 0.4) is 0 Å². The van der Waals surface area contributed by atoms with Crippen molar-refractivity contribution in [3.05, 3.63) is 71.8 Å². The molecule has 1 aliphatic rings. The van der Waals surface area contributed by atoms with Gasteiger partial charge >= 0.3 is 0 Å². The van der Waals surface area contributed by atoms with E-state index in [0.29, 0.717) is 5.92 Å². The molecule has 0 amide bonds. The molecule has 1 fully saturated rings. The lowest BCUT2D eigenvalue weighted by atomic mass is 9.83. The van der Waals surface area contributed by atoms with E-state index >= 15 is 0 Å². The average Bonchev–Trinajstić information content (AvgIpc) is 2.55. The minimum absolute atomic E-state index is 0.0927. The largest absolute Gasteiger partial charge is 0.379 e. The average molecular weight is 296 g/mol. The molecule has 2 aromatic rings. The number of hydrogen-bond acceptors (Lipinski definition) is 1. The summed E-state index contributed by atoms with van der Waals surface area (Å²) >= 11 is 0. The van der Waals surface area contributed by atoms with Gasteiger partial charge in [-0.1, -0.05) is 60.7 Å². The molecule has 0 aliphatic carbocycles. The van der Waals surface area contributed by atoms with Gasteiger partial charge < -0.3 is 4.74 Å². The lowest BCUT2D eigenvalue weighted by Gasteiger charge is -2.41. The second-order valence-corrected chi connectivity index (χ2v) is 7.96. The van der Waals surface area contributed by atoms with Crippen molar-refractivity contribution in [2.45, 2.75) is 36.8 Å². The molecule has 0 N–H and O–H groups in total. The number of hydrogen-bond donors (Lipinski definition) is 0. The van der Waals surface area contributed by atoms with Gasteiger partial charge in [0.1, 0.15) is 0 Å². The van der Waals surface area contributed by atoms with Crippen LogP contribution in [-0.2, 0) is 11.2 Å². The van der Waals surface area contributed by atoms with Crippen molar-refractivity contribution >= 4 is 10.2 Å². The topological polar surface area (TPSA) is 9.23 Å². The molecule has 2 atom stereocenters. The molecule has 0 radical (unpaired) electrons. The highest BCUT2D eigenvalue weighted by molar-refractivity contribution is 6.15. The van der Waals surface area contributed by atoms with Crippen LogP contribution in [0.4, 0.5) is 0 Å². The van der Waals surface area contributed by atoms with E-state index in [2.05, 4.69) is 60.7 Å². The number of rotatable bonds is 4. The number of ether oxygens (including phenoxy) is 1. The fourth-order valence-corrected chi connectivity index (χ4v) is 4.55. The first kappa shape index (κ1) is 14.5. The molecule has 1 nitrogen and oxygen atoms in total. The predicted molar refractivity (Wildman–Crippen MR) is 91.8 cm³/mol. The summed E-state index contributed by atoms with van der Waals surface area (Å²) in [7, 11) is 1.09. The molecule has 0 aromatic heterocycles. The number of benzene rings is 2. The van der Waals surface area contributed by atoms with Gasteiger partial charge in [0, 0.05) is 22.8 Å². The van der Waals surface area contributed by atoms with Crippen molar-refractivity contribution in [3.63, 3.8) is 0 Å². The van der Waals surface area contributed by atoms with Crippen molar-refractivity contribution in [1.29, 1.82) is 0 Å². The zero-order chi connectivity index (χ0) is 14.5. The van der Waals surface area contributed by atoms with Gasteiger partial charge in [-0.05, 0) is 36.8 Å². The van der Waals surface area contributed by atoms with E-state index in [1.807, 2.05) is 0 Å². The first-order valence-corrected chi connectivity index (χ1v) is 9.01. The molecule has 3 rings (SSSR count). The van der Waals surface area contributed by atoms with E-state index in [-0.39, 0.29) is 5.22 Å². The van der Waals surface area contributed by atoms with Crippen LogP contribution in [-0.4, -0.2) is 22.1 Å². The fraction of sp³-hybridized carbons (Fsp3) is 0.368. The van der Waals surface area contributed by atoms with E-state index in [0.717, 1.165) is 23.3 Å². The van der Waals surface area contributed by atoms with E-state index < -0.39 is 0 Å². The normalized spacial score (nSPS) is 23.8. The summed E-state index contributed by atoms with van der Waals surface area (Å²) in [6.07, 6.45) is 4.82. The summed E-state index contributed by atoms with van der Waals surface area (Å²) in [5.41, 5.74) is 2.84. The minimum Gasteiger partial charge on any atom is -0.379 e. The predicted octanol–water partition coefficient (Wildman–Crippen LogP) is 3.28. The fourth-order valence-electron chi connectivity index (χ4n) is 3.45. The Hall–Kier alpha value is -1.38. The zero-order valence-corrected chi connectivity index (χ0v) is 14.8. The van der Waals surface area contributed by atoms with E-state index in [9.17, 15) is 0 Å². The summed E-state index contributed by atoms with van der Waals surface area (Å²) < 4.78 is 6.32. The van der Waals surface area contributed by atoms with Gasteiger partial charge in [0.15, 0.2) is 0 Å². The second-order valence-electron chi connectivity index (χ2n) is 6.27. The van der Waals surface area contributed by atoms with Gasteiger partial charge in [-0.2, -0.15) is 0 Å². The third-order valence-electron chi connectivity index (χ3n) is 4.72. The van der Waals surface area contributed by atoms with E-state index in [4.69, 9.17) is 4.74 Å². The van der Waals surface area contributed by atoms with Crippen molar-refractivity contribution < 1.29 is 4.74 Å². The zero-order valence-electron chi connectivity index (χ0n) is 12.8. The third kappa shape index (κ3) is 3.45. The molecule has 0 saturated carbocycles. The Kier molecular flexibility index (Phi) is 4.56. The monoisotopic (exact) mass is 296 g/mol. The molecule has 1 saturated heterocycles. The smallest absolute Gasteiger partial charge is 0.0555 e. The highest BCUT2D eigenvalue weighted by Gasteiger charge is 2.37. The van der Waals surface area contributed by atoms with Gasteiger partial charge in [0.05, 0.1) is 5.22 Å². The molecular formula is C19H24OSi. The van der Waals surface area contributed by atoms with Gasteiger partial charge in [-0.3, -0.25) is 0 Å². The van der Waals surface area contributed by atoms with Crippen LogP contribution in [0.2, 0.25) is 0 Å². The highest BCUT2D eigenvalue weighted by atomic mass is 28.1. The summed E-state index contributed by atoms with van der Waals surface area (Å²) in [6.45, 7) is 0.932. The molecule has 1 aliphatic heterocycles. The Labute approximate surface area is 130 Å². The quantitative estimate of drug-likeness (QED) is 0.787. The maximum atomic E-state index is 6.32. The van der Waals surface area contributed by atoms with Crippen LogP contribution >= 0.6 is 0 Å². The molecule has 0 spiro atoms. The van der Waals surface area contributed by atoms with Crippen LogP contribution in [0.1, 0.15) is 36.3 Å². The van der Waals surface area contributed by atoms with Crippen molar-refractivity contribution in [2.24, 2.45) is 0 Å². The van der Waals surface area contributed by atoms with Gasteiger partial charge in [-0.25, -0.2) is 0 Å². The molecule has 2 aromatic carbocycles. The van der Waals surface area contributed by atoms with Crippen LogP contribution < -0.4 is 0 Å². The van der Waals surface area contributed by atoms with Crippen molar-refractivity contribution in [1.82, 2.24) is 0 Å². The summed E-state index contributed by atoms with van der Waals surface area (Å²) in [6, 6.07) is 21.8. The first-order chi connectivity index (χ1) is 10.3. The van der Waals surface area contributed by atoms with Crippen molar-refractivity contribution in [2.75, 3.05) is 6.61 Å². The minimum atomic E-state index is 0.0927. The molecule has 1 heterocycles. The van der Waals surface area contributed by atoms with E-state index in [1.54, 1.807) is 0 Å². The van der Waals surface area contributed by atoms with Gasteiger partial charge in [-0.15, -0.1) is 0 Å². The Balaban J connectivity index is 1.91. The van der Waals surface area contributed by atoms with Crippen LogP contribution in [0, 0.1) is 0 Å². The Morgan fingerprint density at radius 3 is 2.24 bits per heavy atom. The SMILES string of the molecule is [SiH3]C1(C(Cc2ccccc2)c2ccccc2)CCCCO1. The molecule has 21 heavy (non-hydrogen) atoms. The first-order valence-electron chi connectivity index (χ1n) is 8.01. The third-order valence-corrected chi connectivity index (χ3v) is 6.21. The summed E-state index contributed by atoms with van der Waals surface area (Å²) in [4.78, 5) is 0. The van der Waals surface area contributed by atoms with Gasteiger partial charge in [0.2, 0.25) is 0 Å². The lowest BCUT2D eigenvalue weighted by Crippen LogP contribution is -2.43. The maximum Gasteiger partial charge on any atom is 0.0555 e. The highest BCUT2D eigenvalue weighted by Crippen LogP contribution is 2.38. The molecular weight excluding hydrogens is 272 g/mol. The van der Waals surface area contributed by atoms with Crippen LogP contribution in [0.5, 0.6) is 0 Å². The second kappa shape index (κ2) is 6.59. The van der Waals surface area contributed by atoms with Crippen LogP contribution in [0.15, 0.2) is 60.7 Å². The Morgan fingerprint density at radius 1 is 0.952 bits per heavy atom. The van der Waals surface area contributed by atoms with E-state index in [1.165, 1.54) is 30.4 Å². The van der Waals surface area contributed by atoms with Crippen molar-refractivity contribution in [3.8, 4) is 0 Å². The van der Waals surface area contributed by atoms with Crippen LogP contribution in [0.25, 0.3) is 0 Å². The molecule has 0 bridgehead atoms. The summed E-state index contributed by atoms with van der Waals surface area (Å²) in [5.74, 6) is 0.480. The molecule has 110 valence electrons. The van der Waals surface area contributed by atoms with Gasteiger partial charge in [0.25, 0.3) is 0 Å².